The number of carbonyl (C=O) groups is 1. The van der Waals surface area contributed by atoms with Crippen LogP contribution in [0, 0.1) is 5.41 Å². The van der Waals surface area contributed by atoms with Crippen LogP contribution in [0.2, 0.25) is 0 Å². The smallest absolute Gasteiger partial charge is 0.267 e. The lowest BCUT2D eigenvalue weighted by atomic mass is 9.95. The largest absolute Gasteiger partial charge is 0.493 e. The fourth-order valence-corrected chi connectivity index (χ4v) is 4.76. The van der Waals surface area contributed by atoms with Crippen molar-refractivity contribution in [1.29, 1.82) is 0 Å². The van der Waals surface area contributed by atoms with Gasteiger partial charge in [-0.1, -0.05) is 26.8 Å². The Labute approximate surface area is 193 Å². The fourth-order valence-electron chi connectivity index (χ4n) is 4.02. The number of amides is 1. The molecule has 0 atom stereocenters. The molecule has 32 heavy (non-hydrogen) atoms. The van der Waals surface area contributed by atoms with E-state index in [4.69, 9.17) is 15.2 Å². The van der Waals surface area contributed by atoms with Gasteiger partial charge in [-0.3, -0.25) is 4.79 Å². The second kappa shape index (κ2) is 9.00. The number of nitrogens with two attached hydrogens (primary N) is 1. The number of aromatic nitrogens is 1. The normalized spacial score (nSPS) is 12.8. The SMILES string of the molecule is COc1cc2c(cc1OCCN)-c1c(-c3cccs3)cc(C(=O)NCC(C)(C)C)n1CC2. The average Bonchev–Trinajstić information content (AvgIpc) is 3.42. The van der Waals surface area contributed by atoms with Crippen LogP contribution >= 0.6 is 11.3 Å². The molecule has 7 heteroatoms. The van der Waals surface area contributed by atoms with E-state index in [1.807, 2.05) is 18.2 Å². The van der Waals surface area contributed by atoms with E-state index in [2.05, 4.69) is 48.2 Å². The summed E-state index contributed by atoms with van der Waals surface area (Å²) in [5.41, 5.74) is 10.7. The molecule has 170 valence electrons. The first-order valence-corrected chi connectivity index (χ1v) is 11.8. The highest BCUT2D eigenvalue weighted by molar-refractivity contribution is 7.13. The first-order valence-electron chi connectivity index (χ1n) is 10.9. The summed E-state index contributed by atoms with van der Waals surface area (Å²) in [5.74, 6) is 1.33. The number of rotatable bonds is 7. The van der Waals surface area contributed by atoms with Crippen molar-refractivity contribution in [3.8, 4) is 33.2 Å². The fraction of sp³-hybridized carbons (Fsp3) is 0.400. The molecule has 3 N–H and O–H groups in total. The highest BCUT2D eigenvalue weighted by Crippen LogP contribution is 2.45. The topological polar surface area (TPSA) is 78.5 Å². The summed E-state index contributed by atoms with van der Waals surface area (Å²) in [6, 6.07) is 10.2. The molecular formula is C25H31N3O3S. The van der Waals surface area contributed by atoms with Crippen molar-refractivity contribution in [1.82, 2.24) is 9.88 Å². The standard InChI is InChI=1S/C25H31N3O3S/c1-25(2,3)15-27-24(29)19-13-18(22-6-5-11-32-22)23-17-14-21(31-10-8-26)20(30-4)12-16(17)7-9-28(19)23/h5-6,11-14H,7-10,15,26H2,1-4H3,(H,27,29). The molecule has 6 nitrogen and oxygen atoms in total. The van der Waals surface area contributed by atoms with E-state index in [9.17, 15) is 4.79 Å². The molecule has 3 heterocycles. The third kappa shape index (κ3) is 4.40. The summed E-state index contributed by atoms with van der Waals surface area (Å²) in [5, 5.41) is 5.18. The molecule has 0 saturated heterocycles. The summed E-state index contributed by atoms with van der Waals surface area (Å²) in [6.07, 6.45) is 0.813. The van der Waals surface area contributed by atoms with Gasteiger partial charge in [0, 0.05) is 35.6 Å². The third-order valence-electron chi connectivity index (χ3n) is 5.52. The van der Waals surface area contributed by atoms with Gasteiger partial charge in [0.15, 0.2) is 11.5 Å². The van der Waals surface area contributed by atoms with Crippen molar-refractivity contribution in [2.24, 2.45) is 11.1 Å². The van der Waals surface area contributed by atoms with Crippen LogP contribution in [0.5, 0.6) is 11.5 Å². The van der Waals surface area contributed by atoms with Crippen LogP contribution in [-0.4, -0.2) is 37.3 Å². The zero-order chi connectivity index (χ0) is 22.9. The highest BCUT2D eigenvalue weighted by Gasteiger charge is 2.28. The van der Waals surface area contributed by atoms with Gasteiger partial charge in [-0.05, 0) is 47.0 Å². The first kappa shape index (κ1) is 22.4. The Morgan fingerprint density at radius 1 is 1.22 bits per heavy atom. The van der Waals surface area contributed by atoms with Crippen LogP contribution in [0.3, 0.4) is 0 Å². The van der Waals surface area contributed by atoms with Crippen LogP contribution in [-0.2, 0) is 13.0 Å². The van der Waals surface area contributed by atoms with Gasteiger partial charge in [0.25, 0.3) is 5.91 Å². The Balaban J connectivity index is 1.84. The molecule has 0 saturated carbocycles. The summed E-state index contributed by atoms with van der Waals surface area (Å²) >= 11 is 1.67. The van der Waals surface area contributed by atoms with Crippen molar-refractivity contribution >= 4 is 17.2 Å². The van der Waals surface area contributed by atoms with Gasteiger partial charge < -0.3 is 25.1 Å². The number of aryl methyl sites for hydroxylation is 1. The van der Waals surface area contributed by atoms with Crippen molar-refractivity contribution in [3.05, 3.63) is 47.0 Å². The number of methoxy groups -OCH3 is 1. The van der Waals surface area contributed by atoms with Crippen LogP contribution in [0.1, 0.15) is 36.8 Å². The van der Waals surface area contributed by atoms with Crippen LogP contribution in [0.15, 0.2) is 35.7 Å². The molecule has 2 aromatic heterocycles. The van der Waals surface area contributed by atoms with Crippen molar-refractivity contribution < 1.29 is 14.3 Å². The maximum atomic E-state index is 13.2. The Kier molecular flexibility index (Phi) is 6.31. The van der Waals surface area contributed by atoms with E-state index in [0.717, 1.165) is 34.7 Å². The van der Waals surface area contributed by atoms with Crippen LogP contribution in [0.4, 0.5) is 0 Å². The molecule has 1 aliphatic heterocycles. The van der Waals surface area contributed by atoms with Gasteiger partial charge in [-0.2, -0.15) is 0 Å². The molecule has 4 rings (SSSR count). The van der Waals surface area contributed by atoms with Crippen LogP contribution < -0.4 is 20.5 Å². The van der Waals surface area contributed by atoms with E-state index < -0.39 is 0 Å². The quantitative estimate of drug-likeness (QED) is 0.550. The molecule has 0 spiro atoms. The van der Waals surface area contributed by atoms with Crippen LogP contribution in [0.25, 0.3) is 21.7 Å². The Hall–Kier alpha value is -2.77. The minimum atomic E-state index is -0.0412. The lowest BCUT2D eigenvalue weighted by Crippen LogP contribution is -2.33. The maximum Gasteiger partial charge on any atom is 0.267 e. The molecule has 1 aromatic carbocycles. The Morgan fingerprint density at radius 3 is 2.69 bits per heavy atom. The number of hydrogen-bond acceptors (Lipinski definition) is 5. The van der Waals surface area contributed by atoms with E-state index in [1.165, 1.54) is 5.56 Å². The molecule has 0 bridgehead atoms. The second-order valence-corrected chi connectivity index (χ2v) is 10.2. The van der Waals surface area contributed by atoms with Gasteiger partial charge in [0.1, 0.15) is 12.3 Å². The summed E-state index contributed by atoms with van der Waals surface area (Å²) < 4.78 is 13.6. The summed E-state index contributed by atoms with van der Waals surface area (Å²) in [7, 11) is 1.65. The molecule has 3 aromatic rings. The van der Waals surface area contributed by atoms with Gasteiger partial charge in [0.2, 0.25) is 0 Å². The van der Waals surface area contributed by atoms with E-state index in [0.29, 0.717) is 36.9 Å². The zero-order valence-electron chi connectivity index (χ0n) is 19.2. The Morgan fingerprint density at radius 2 is 2.03 bits per heavy atom. The number of fused-ring (bicyclic) bond motifs is 3. The number of nitrogens with one attached hydrogen (secondary N) is 1. The van der Waals surface area contributed by atoms with E-state index >= 15 is 0 Å². The number of ether oxygens (including phenoxy) is 2. The minimum absolute atomic E-state index is 0.0158. The van der Waals surface area contributed by atoms with Gasteiger partial charge in [-0.15, -0.1) is 11.3 Å². The van der Waals surface area contributed by atoms with Gasteiger partial charge in [-0.25, -0.2) is 0 Å². The summed E-state index contributed by atoms with van der Waals surface area (Å²) in [4.78, 5) is 14.3. The number of nitrogens with zero attached hydrogens (tertiary/aromatic N) is 1. The van der Waals surface area contributed by atoms with Crippen molar-refractivity contribution in [2.45, 2.75) is 33.7 Å². The maximum absolute atomic E-state index is 13.2. The number of carbonyl (C=O) groups excluding carboxylic acids is 1. The molecule has 1 aliphatic rings. The first-order chi connectivity index (χ1) is 15.3. The molecule has 0 unspecified atom stereocenters. The number of hydrogen-bond donors (Lipinski definition) is 2. The summed E-state index contributed by atoms with van der Waals surface area (Å²) in [6.45, 7) is 8.53. The number of thiophene rings is 1. The monoisotopic (exact) mass is 453 g/mol. The molecule has 0 radical (unpaired) electrons. The predicted octanol–water partition coefficient (Wildman–Crippen LogP) is 4.56. The molecule has 1 amide bonds. The highest BCUT2D eigenvalue weighted by atomic mass is 32.1. The lowest BCUT2D eigenvalue weighted by Gasteiger charge is -2.24. The Bertz CT molecular complexity index is 1110. The predicted molar refractivity (Wildman–Crippen MR) is 130 cm³/mol. The average molecular weight is 454 g/mol. The van der Waals surface area contributed by atoms with E-state index in [-0.39, 0.29) is 11.3 Å². The minimum Gasteiger partial charge on any atom is -0.493 e. The second-order valence-electron chi connectivity index (χ2n) is 9.21. The number of benzene rings is 1. The van der Waals surface area contributed by atoms with E-state index in [1.54, 1.807) is 18.4 Å². The third-order valence-corrected chi connectivity index (χ3v) is 6.42. The molecular weight excluding hydrogens is 422 g/mol. The zero-order valence-corrected chi connectivity index (χ0v) is 20.0. The molecule has 0 aliphatic carbocycles. The lowest BCUT2D eigenvalue weighted by molar-refractivity contribution is 0.0930. The molecule has 0 fully saturated rings. The van der Waals surface area contributed by atoms with Gasteiger partial charge >= 0.3 is 0 Å². The van der Waals surface area contributed by atoms with Crippen molar-refractivity contribution in [2.75, 3.05) is 26.8 Å². The van der Waals surface area contributed by atoms with Crippen molar-refractivity contribution in [3.63, 3.8) is 0 Å². The van der Waals surface area contributed by atoms with Gasteiger partial charge in [0.05, 0.1) is 12.8 Å².